The molecule has 1 aliphatic rings. The van der Waals surface area contributed by atoms with E-state index in [4.69, 9.17) is 28.2 Å². The van der Waals surface area contributed by atoms with Gasteiger partial charge in [0, 0.05) is 32.3 Å². The zero-order valence-corrected chi connectivity index (χ0v) is 16.3. The smallest absolute Gasteiger partial charge is 0.250 e. The van der Waals surface area contributed by atoms with E-state index in [1.54, 1.807) is 17.0 Å². The third-order valence-electron chi connectivity index (χ3n) is 4.24. The van der Waals surface area contributed by atoms with Crippen molar-refractivity contribution in [1.29, 1.82) is 0 Å². The first kappa shape index (κ1) is 21.1. The SMILES string of the molecule is O=C(/C=C/c1ccco1)NC(=S)N1CCN(c2c(F)c(F)c(Cl)c(F)c2F)CC1. The van der Waals surface area contributed by atoms with Crippen LogP contribution in [-0.2, 0) is 4.79 Å². The molecule has 3 rings (SSSR count). The number of halogens is 5. The first-order valence-electron chi connectivity index (χ1n) is 8.37. The van der Waals surface area contributed by atoms with Gasteiger partial charge in [-0.15, -0.1) is 0 Å². The third kappa shape index (κ3) is 4.54. The minimum Gasteiger partial charge on any atom is -0.465 e. The number of piperazine rings is 1. The van der Waals surface area contributed by atoms with Gasteiger partial charge in [0.15, 0.2) is 28.4 Å². The molecule has 1 N–H and O–H groups in total. The quantitative estimate of drug-likeness (QED) is 0.255. The summed E-state index contributed by atoms with van der Waals surface area (Å²) in [7, 11) is 0. The summed E-state index contributed by atoms with van der Waals surface area (Å²) in [5, 5.41) is 1.39. The summed E-state index contributed by atoms with van der Waals surface area (Å²) in [5.41, 5.74) is -0.819. The Hall–Kier alpha value is -2.59. The van der Waals surface area contributed by atoms with Crippen LogP contribution in [0.2, 0.25) is 5.02 Å². The van der Waals surface area contributed by atoms with Crippen molar-refractivity contribution in [2.75, 3.05) is 31.1 Å². The molecule has 0 unspecified atom stereocenters. The van der Waals surface area contributed by atoms with E-state index >= 15 is 0 Å². The number of carbonyl (C=O) groups is 1. The first-order valence-corrected chi connectivity index (χ1v) is 9.16. The van der Waals surface area contributed by atoms with Crippen LogP contribution < -0.4 is 10.2 Å². The normalized spacial score (nSPS) is 14.5. The predicted molar refractivity (Wildman–Crippen MR) is 104 cm³/mol. The molecule has 2 aromatic rings. The van der Waals surface area contributed by atoms with Gasteiger partial charge >= 0.3 is 0 Å². The second-order valence-corrected chi connectivity index (χ2v) is 6.80. The molecule has 1 fully saturated rings. The number of furan rings is 1. The molecular formula is C18H14ClF4N3O2S. The van der Waals surface area contributed by atoms with Crippen LogP contribution in [0.5, 0.6) is 0 Å². The van der Waals surface area contributed by atoms with Gasteiger partial charge in [-0.1, -0.05) is 11.6 Å². The molecule has 11 heteroatoms. The van der Waals surface area contributed by atoms with Crippen LogP contribution in [-0.4, -0.2) is 42.1 Å². The molecule has 1 saturated heterocycles. The molecule has 1 aromatic heterocycles. The number of hydrogen-bond donors (Lipinski definition) is 1. The Bertz CT molecular complexity index is 932. The second-order valence-electron chi connectivity index (χ2n) is 6.04. The summed E-state index contributed by atoms with van der Waals surface area (Å²) in [6.07, 6.45) is 4.17. The molecule has 29 heavy (non-hydrogen) atoms. The molecule has 1 aliphatic heterocycles. The molecule has 2 heterocycles. The molecule has 0 bridgehead atoms. The number of nitrogens with zero attached hydrogens (tertiary/aromatic N) is 2. The fraction of sp³-hybridized carbons (Fsp3) is 0.222. The predicted octanol–water partition coefficient (Wildman–Crippen LogP) is 3.73. The summed E-state index contributed by atoms with van der Waals surface area (Å²) in [5.74, 6) is -6.38. The van der Waals surface area contributed by atoms with Gasteiger partial charge in [-0.25, -0.2) is 17.6 Å². The lowest BCUT2D eigenvalue weighted by atomic mass is 10.2. The van der Waals surface area contributed by atoms with Crippen molar-refractivity contribution in [3.05, 3.63) is 58.5 Å². The highest BCUT2D eigenvalue weighted by molar-refractivity contribution is 7.80. The lowest BCUT2D eigenvalue weighted by Crippen LogP contribution is -2.53. The number of nitrogens with one attached hydrogen (secondary N) is 1. The van der Waals surface area contributed by atoms with E-state index in [-0.39, 0.29) is 31.3 Å². The van der Waals surface area contributed by atoms with E-state index in [0.717, 1.165) is 4.90 Å². The number of rotatable bonds is 3. The lowest BCUT2D eigenvalue weighted by Gasteiger charge is -2.37. The molecule has 0 atom stereocenters. The molecule has 1 amide bonds. The Morgan fingerprint density at radius 3 is 2.28 bits per heavy atom. The number of amides is 1. The third-order valence-corrected chi connectivity index (χ3v) is 4.93. The van der Waals surface area contributed by atoms with Gasteiger partial charge < -0.3 is 14.2 Å². The minimum absolute atomic E-state index is 0.0204. The van der Waals surface area contributed by atoms with Crippen molar-refractivity contribution >= 4 is 46.6 Å². The first-order chi connectivity index (χ1) is 13.8. The van der Waals surface area contributed by atoms with E-state index in [1.165, 1.54) is 18.4 Å². The van der Waals surface area contributed by atoms with Crippen molar-refractivity contribution in [1.82, 2.24) is 10.2 Å². The van der Waals surface area contributed by atoms with E-state index in [1.807, 2.05) is 0 Å². The topological polar surface area (TPSA) is 48.7 Å². The summed E-state index contributed by atoms with van der Waals surface area (Å²) in [6, 6.07) is 3.34. The highest BCUT2D eigenvalue weighted by atomic mass is 35.5. The van der Waals surface area contributed by atoms with Crippen molar-refractivity contribution < 1.29 is 26.8 Å². The fourth-order valence-corrected chi connectivity index (χ4v) is 3.22. The van der Waals surface area contributed by atoms with Crippen molar-refractivity contribution in [3.63, 3.8) is 0 Å². The highest BCUT2D eigenvalue weighted by Crippen LogP contribution is 2.33. The molecule has 5 nitrogen and oxygen atoms in total. The summed E-state index contributed by atoms with van der Waals surface area (Å²) >= 11 is 10.4. The van der Waals surface area contributed by atoms with Crippen molar-refractivity contribution in [2.45, 2.75) is 0 Å². The zero-order chi connectivity index (χ0) is 21.1. The van der Waals surface area contributed by atoms with Gasteiger partial charge in [0.05, 0.1) is 6.26 Å². The maximum absolute atomic E-state index is 14.1. The number of anilines is 1. The number of thiocarbonyl (C=S) groups is 1. The molecular weight excluding hydrogens is 434 g/mol. The molecule has 154 valence electrons. The molecule has 0 radical (unpaired) electrons. The Labute approximate surface area is 173 Å². The second kappa shape index (κ2) is 8.83. The average Bonchev–Trinajstić information content (AvgIpc) is 3.23. The van der Waals surface area contributed by atoms with Gasteiger partial charge in [0.1, 0.15) is 16.5 Å². The minimum atomic E-state index is -1.64. The van der Waals surface area contributed by atoms with Crippen molar-refractivity contribution in [3.8, 4) is 0 Å². The van der Waals surface area contributed by atoms with E-state index < -0.39 is 39.9 Å². The largest absolute Gasteiger partial charge is 0.465 e. The number of benzene rings is 1. The Morgan fingerprint density at radius 1 is 1.10 bits per heavy atom. The van der Waals surface area contributed by atoms with E-state index in [0.29, 0.717) is 5.76 Å². The van der Waals surface area contributed by atoms with Crippen LogP contribution in [0.25, 0.3) is 6.08 Å². The van der Waals surface area contributed by atoms with Gasteiger partial charge in [-0.05, 0) is 30.4 Å². The summed E-state index contributed by atoms with van der Waals surface area (Å²) < 4.78 is 60.6. The Balaban J connectivity index is 1.61. The van der Waals surface area contributed by atoms with Gasteiger partial charge in [0.25, 0.3) is 0 Å². The van der Waals surface area contributed by atoms with Crippen molar-refractivity contribution in [2.24, 2.45) is 0 Å². The number of carbonyl (C=O) groups excluding carboxylic acids is 1. The standard InChI is InChI=1S/C18H14ClF4N3O2S/c19-12-13(20)15(22)17(16(23)14(12)21)25-5-7-26(8-6-25)18(29)24-11(27)4-3-10-2-1-9-28-10/h1-4,9H,5-8H2,(H,24,27,29)/b4-3+. The van der Waals surface area contributed by atoms with Gasteiger partial charge in [0.2, 0.25) is 5.91 Å². The van der Waals surface area contributed by atoms with Gasteiger partial charge in [-0.2, -0.15) is 0 Å². The van der Waals surface area contributed by atoms with Crippen LogP contribution in [0.15, 0.2) is 28.9 Å². The maximum atomic E-state index is 14.1. The number of hydrogen-bond acceptors (Lipinski definition) is 4. The highest BCUT2D eigenvalue weighted by Gasteiger charge is 2.30. The van der Waals surface area contributed by atoms with E-state index in [2.05, 4.69) is 5.32 Å². The summed E-state index contributed by atoms with van der Waals surface area (Å²) in [6.45, 7) is 0.386. The van der Waals surface area contributed by atoms with Crippen LogP contribution >= 0.6 is 23.8 Å². The van der Waals surface area contributed by atoms with Crippen LogP contribution in [0.4, 0.5) is 23.2 Å². The average molecular weight is 448 g/mol. The van der Waals surface area contributed by atoms with E-state index in [9.17, 15) is 22.4 Å². The fourth-order valence-electron chi connectivity index (χ4n) is 2.77. The maximum Gasteiger partial charge on any atom is 0.250 e. The van der Waals surface area contributed by atoms with Crippen LogP contribution in [0, 0.1) is 23.3 Å². The Kier molecular flexibility index (Phi) is 6.43. The molecule has 0 saturated carbocycles. The molecule has 0 aliphatic carbocycles. The zero-order valence-electron chi connectivity index (χ0n) is 14.7. The molecule has 1 aromatic carbocycles. The monoisotopic (exact) mass is 447 g/mol. The van der Waals surface area contributed by atoms with Crippen LogP contribution in [0.3, 0.4) is 0 Å². The Morgan fingerprint density at radius 2 is 1.72 bits per heavy atom. The lowest BCUT2D eigenvalue weighted by molar-refractivity contribution is -0.115. The summed E-state index contributed by atoms with van der Waals surface area (Å²) in [4.78, 5) is 14.7. The molecule has 0 spiro atoms. The van der Waals surface area contributed by atoms with Gasteiger partial charge in [-0.3, -0.25) is 10.1 Å². The van der Waals surface area contributed by atoms with Crippen LogP contribution in [0.1, 0.15) is 5.76 Å².